The molecule has 2 heterocycles. The number of hydrogen-bond acceptors (Lipinski definition) is 7. The molecule has 0 radical (unpaired) electrons. The van der Waals surface area contributed by atoms with Crippen molar-refractivity contribution in [1.29, 1.82) is 0 Å². The van der Waals surface area contributed by atoms with Gasteiger partial charge < -0.3 is 30.0 Å². The van der Waals surface area contributed by atoms with E-state index in [1.54, 1.807) is 31.0 Å². The minimum absolute atomic E-state index is 0.0543. The first-order chi connectivity index (χ1) is 17.1. The number of urea groups is 1. The number of amides is 2. The van der Waals surface area contributed by atoms with Crippen LogP contribution in [0.15, 0.2) is 54.7 Å². The summed E-state index contributed by atoms with van der Waals surface area (Å²) in [5, 5.41) is 24.1. The van der Waals surface area contributed by atoms with Gasteiger partial charge >= 0.3 is 6.03 Å². The van der Waals surface area contributed by atoms with Crippen LogP contribution in [0.4, 0.5) is 10.5 Å². The first-order valence-electron chi connectivity index (χ1n) is 11.6. The summed E-state index contributed by atoms with van der Waals surface area (Å²) < 4.78 is 18.6. The molecule has 10 heteroatoms. The number of ether oxygens (including phenoxy) is 3. The molecule has 1 aromatic heterocycles. The molecule has 0 unspecified atom stereocenters. The van der Waals surface area contributed by atoms with Crippen LogP contribution in [0.3, 0.4) is 0 Å². The average Bonchev–Trinajstić information content (AvgIpc) is 3.37. The van der Waals surface area contributed by atoms with Crippen LogP contribution in [0.5, 0.6) is 11.5 Å². The molecule has 186 valence electrons. The Morgan fingerprint density at radius 3 is 2.63 bits per heavy atom. The number of methoxy groups -OCH3 is 2. The molecule has 3 N–H and O–H groups in total. The van der Waals surface area contributed by atoms with Crippen LogP contribution in [-0.2, 0) is 11.3 Å². The lowest BCUT2D eigenvalue weighted by atomic mass is 9.97. The number of aliphatic hydroxyl groups excluding tert-OH is 1. The fourth-order valence-electron chi connectivity index (χ4n) is 4.25. The van der Waals surface area contributed by atoms with Crippen molar-refractivity contribution in [2.45, 2.75) is 44.1 Å². The van der Waals surface area contributed by atoms with Gasteiger partial charge in [0.25, 0.3) is 0 Å². The third-order valence-corrected chi connectivity index (χ3v) is 6.07. The Bertz CT molecular complexity index is 1120. The number of benzene rings is 2. The van der Waals surface area contributed by atoms with Gasteiger partial charge in [0.15, 0.2) is 0 Å². The second kappa shape index (κ2) is 11.7. The minimum Gasteiger partial charge on any atom is -0.496 e. The van der Waals surface area contributed by atoms with Gasteiger partial charge in [-0.25, -0.2) is 4.79 Å². The van der Waals surface area contributed by atoms with E-state index in [1.165, 1.54) is 0 Å². The Hall–Kier alpha value is -3.63. The molecule has 4 rings (SSSR count). The van der Waals surface area contributed by atoms with E-state index >= 15 is 0 Å². The Morgan fingerprint density at radius 1 is 1.11 bits per heavy atom. The number of carbonyl (C=O) groups excluding carboxylic acids is 1. The Labute approximate surface area is 204 Å². The largest absolute Gasteiger partial charge is 0.496 e. The van der Waals surface area contributed by atoms with Crippen molar-refractivity contribution in [3.05, 3.63) is 54.7 Å². The van der Waals surface area contributed by atoms with E-state index in [2.05, 4.69) is 20.9 Å². The molecular weight excluding hydrogens is 450 g/mol. The van der Waals surface area contributed by atoms with Gasteiger partial charge in [-0.1, -0.05) is 29.5 Å². The fourth-order valence-corrected chi connectivity index (χ4v) is 4.25. The number of carbonyl (C=O) groups is 1. The normalized spacial score (nSPS) is 19.7. The predicted octanol–water partition coefficient (Wildman–Crippen LogP) is 3.08. The zero-order valence-electron chi connectivity index (χ0n) is 19.9. The van der Waals surface area contributed by atoms with Gasteiger partial charge in [0, 0.05) is 12.1 Å². The maximum absolute atomic E-state index is 12.5. The van der Waals surface area contributed by atoms with Gasteiger partial charge in [-0.15, -0.1) is 5.10 Å². The summed E-state index contributed by atoms with van der Waals surface area (Å²) in [4.78, 5) is 12.5. The summed E-state index contributed by atoms with van der Waals surface area (Å²) in [5.74, 6) is 1.32. The summed E-state index contributed by atoms with van der Waals surface area (Å²) >= 11 is 0. The first kappa shape index (κ1) is 24.5. The van der Waals surface area contributed by atoms with Crippen LogP contribution in [0.25, 0.3) is 11.3 Å². The molecule has 1 fully saturated rings. The summed E-state index contributed by atoms with van der Waals surface area (Å²) in [6.07, 6.45) is 3.50. The van der Waals surface area contributed by atoms with E-state index in [1.807, 2.05) is 42.6 Å². The van der Waals surface area contributed by atoms with Crippen molar-refractivity contribution in [2.24, 2.45) is 0 Å². The highest BCUT2D eigenvalue weighted by Gasteiger charge is 2.32. The summed E-state index contributed by atoms with van der Waals surface area (Å²) in [7, 11) is 3.18. The molecule has 1 aliphatic heterocycles. The molecule has 3 atom stereocenters. The van der Waals surface area contributed by atoms with E-state index in [0.29, 0.717) is 30.8 Å². The summed E-state index contributed by atoms with van der Waals surface area (Å²) in [6.45, 7) is 0.439. The van der Waals surface area contributed by atoms with Gasteiger partial charge in [0.05, 0.1) is 44.9 Å². The molecule has 1 saturated heterocycles. The Kier molecular flexibility index (Phi) is 8.17. The molecule has 0 spiro atoms. The standard InChI is InChI=1S/C25H31N5O5/c1-33-22-9-5-3-7-18(22)21-15-30(29-28-21)14-13-17-11-12-20(24(16-31)35-17)27-25(32)26-19-8-4-6-10-23(19)34-2/h3-10,15,17,20,24,31H,11-14,16H2,1-2H3,(H2,26,27,32)/t17-,20-,24+/m0/s1. The highest BCUT2D eigenvalue weighted by molar-refractivity contribution is 5.91. The third kappa shape index (κ3) is 6.09. The van der Waals surface area contributed by atoms with Gasteiger partial charge in [-0.3, -0.25) is 4.68 Å². The van der Waals surface area contributed by atoms with E-state index in [9.17, 15) is 9.90 Å². The summed E-state index contributed by atoms with van der Waals surface area (Å²) in [6, 6.07) is 14.2. The number of nitrogens with zero attached hydrogens (tertiary/aromatic N) is 3. The lowest BCUT2D eigenvalue weighted by Gasteiger charge is -2.36. The molecular formula is C25H31N5O5. The molecule has 0 aliphatic carbocycles. The van der Waals surface area contributed by atoms with Crippen molar-refractivity contribution in [3.63, 3.8) is 0 Å². The number of anilines is 1. The third-order valence-electron chi connectivity index (χ3n) is 6.07. The molecule has 2 amide bonds. The minimum atomic E-state index is -0.489. The number of aliphatic hydroxyl groups is 1. The molecule has 2 aromatic carbocycles. The van der Waals surface area contributed by atoms with E-state index in [-0.39, 0.29) is 24.8 Å². The van der Waals surface area contributed by atoms with E-state index < -0.39 is 6.10 Å². The number of aryl methyl sites for hydroxylation is 1. The number of nitrogens with one attached hydrogen (secondary N) is 2. The quantitative estimate of drug-likeness (QED) is 0.430. The van der Waals surface area contributed by atoms with Gasteiger partial charge in [-0.2, -0.15) is 0 Å². The molecule has 35 heavy (non-hydrogen) atoms. The number of hydrogen-bond donors (Lipinski definition) is 3. The first-order valence-corrected chi connectivity index (χ1v) is 11.6. The number of aromatic nitrogens is 3. The highest BCUT2D eigenvalue weighted by atomic mass is 16.5. The number of para-hydroxylation sites is 3. The van der Waals surface area contributed by atoms with Crippen molar-refractivity contribution in [2.75, 3.05) is 26.1 Å². The van der Waals surface area contributed by atoms with Crippen molar-refractivity contribution in [3.8, 4) is 22.8 Å². The van der Waals surface area contributed by atoms with E-state index in [4.69, 9.17) is 14.2 Å². The second-order valence-electron chi connectivity index (χ2n) is 8.32. The van der Waals surface area contributed by atoms with Gasteiger partial charge in [0.1, 0.15) is 23.3 Å². The lowest BCUT2D eigenvalue weighted by Crippen LogP contribution is -2.52. The van der Waals surface area contributed by atoms with Crippen LogP contribution in [0, 0.1) is 0 Å². The Balaban J connectivity index is 1.29. The second-order valence-corrected chi connectivity index (χ2v) is 8.32. The Morgan fingerprint density at radius 2 is 1.86 bits per heavy atom. The highest BCUT2D eigenvalue weighted by Crippen LogP contribution is 2.28. The SMILES string of the molecule is COc1ccccc1NC(=O)N[C@H]1CC[C@@H](CCn2cc(-c3ccccc3OC)nn2)O[C@@H]1CO. The fraction of sp³-hybridized carbons (Fsp3) is 0.400. The molecule has 1 aliphatic rings. The van der Waals surface area contributed by atoms with Crippen molar-refractivity contribution >= 4 is 11.7 Å². The van der Waals surface area contributed by atoms with Crippen LogP contribution in [0.1, 0.15) is 19.3 Å². The predicted molar refractivity (Wildman–Crippen MR) is 131 cm³/mol. The zero-order chi connectivity index (χ0) is 24.6. The lowest BCUT2D eigenvalue weighted by molar-refractivity contribution is -0.0905. The maximum atomic E-state index is 12.5. The van der Waals surface area contributed by atoms with Crippen LogP contribution >= 0.6 is 0 Å². The maximum Gasteiger partial charge on any atom is 0.319 e. The van der Waals surface area contributed by atoms with Crippen molar-refractivity contribution in [1.82, 2.24) is 20.3 Å². The average molecular weight is 482 g/mol. The van der Waals surface area contributed by atoms with Crippen LogP contribution < -0.4 is 20.1 Å². The van der Waals surface area contributed by atoms with Crippen LogP contribution in [-0.4, -0.2) is 65.2 Å². The molecule has 3 aromatic rings. The number of rotatable bonds is 9. The van der Waals surface area contributed by atoms with Crippen LogP contribution in [0.2, 0.25) is 0 Å². The summed E-state index contributed by atoms with van der Waals surface area (Å²) in [5.41, 5.74) is 2.20. The molecule has 0 saturated carbocycles. The van der Waals surface area contributed by atoms with Gasteiger partial charge in [0.2, 0.25) is 0 Å². The van der Waals surface area contributed by atoms with Crippen molar-refractivity contribution < 1.29 is 24.1 Å². The molecule has 0 bridgehead atoms. The smallest absolute Gasteiger partial charge is 0.319 e. The monoisotopic (exact) mass is 481 g/mol. The van der Waals surface area contributed by atoms with E-state index in [0.717, 1.165) is 23.4 Å². The molecule has 10 nitrogen and oxygen atoms in total. The zero-order valence-corrected chi connectivity index (χ0v) is 19.9. The topological polar surface area (TPSA) is 120 Å². The van der Waals surface area contributed by atoms with Gasteiger partial charge in [-0.05, 0) is 43.5 Å².